The van der Waals surface area contributed by atoms with Crippen molar-refractivity contribution in [3.63, 3.8) is 0 Å². The van der Waals surface area contributed by atoms with Gasteiger partial charge >= 0.3 is 0 Å². The van der Waals surface area contributed by atoms with E-state index in [9.17, 15) is 9.59 Å². The highest BCUT2D eigenvalue weighted by atomic mass is 35.5. The minimum Gasteiger partial charge on any atom is -0.376 e. The molecule has 2 atom stereocenters. The van der Waals surface area contributed by atoms with Gasteiger partial charge in [0.2, 0.25) is 5.91 Å². The molecule has 2 fully saturated rings. The number of amides is 1. The van der Waals surface area contributed by atoms with Crippen molar-refractivity contribution in [1.29, 1.82) is 0 Å². The molecule has 6 nitrogen and oxygen atoms in total. The van der Waals surface area contributed by atoms with Gasteiger partial charge in [0.05, 0.1) is 23.6 Å². The smallest absolute Gasteiger partial charge is 0.262 e. The number of carbonyl (C=O) groups is 1. The maximum Gasteiger partial charge on any atom is 0.262 e. The lowest BCUT2D eigenvalue weighted by atomic mass is 10.1. The fourth-order valence-electron chi connectivity index (χ4n) is 4.51. The third-order valence-electron chi connectivity index (χ3n) is 6.26. The van der Waals surface area contributed by atoms with Crippen molar-refractivity contribution in [2.45, 2.75) is 48.7 Å². The lowest BCUT2D eigenvalue weighted by Crippen LogP contribution is -2.33. The Morgan fingerprint density at radius 3 is 2.67 bits per heavy atom. The monoisotopic (exact) mass is 483 g/mol. The number of aromatic nitrogens is 2. The van der Waals surface area contributed by atoms with E-state index in [2.05, 4.69) is 0 Å². The lowest BCUT2D eigenvalue weighted by molar-refractivity contribution is -0.129. The molecule has 0 spiro atoms. The van der Waals surface area contributed by atoms with E-state index < -0.39 is 5.25 Å². The summed E-state index contributed by atoms with van der Waals surface area (Å²) in [6.45, 7) is 2.67. The van der Waals surface area contributed by atoms with Crippen LogP contribution in [0.2, 0.25) is 5.02 Å². The number of carbonyl (C=O) groups excluding carboxylic acids is 1. The molecule has 3 aromatic rings. The largest absolute Gasteiger partial charge is 0.376 e. The van der Waals surface area contributed by atoms with Crippen molar-refractivity contribution in [2.24, 2.45) is 0 Å². The summed E-state index contributed by atoms with van der Waals surface area (Å²) in [5.41, 5.74) is 1.32. The van der Waals surface area contributed by atoms with Gasteiger partial charge in [0, 0.05) is 24.7 Å². The van der Waals surface area contributed by atoms with E-state index in [0.717, 1.165) is 44.3 Å². The standard InChI is InChI=1S/C25H26ClN3O3S/c26-18-10-11-20-21(15-18)27-25(29(23(20)30)16-19-9-6-14-32-19)33-22(17-7-2-1-3-8-17)24(31)28-12-4-5-13-28/h1-3,7-8,10-11,15,19,22H,4-6,9,12-14,16H2/t19-,22-/m1/s1. The topological polar surface area (TPSA) is 64.4 Å². The van der Waals surface area contributed by atoms with Crippen LogP contribution in [0.4, 0.5) is 0 Å². The third kappa shape index (κ3) is 4.81. The Morgan fingerprint density at radius 2 is 1.94 bits per heavy atom. The van der Waals surface area contributed by atoms with E-state index in [1.807, 2.05) is 35.2 Å². The molecule has 2 aliphatic rings. The highest BCUT2D eigenvalue weighted by Crippen LogP contribution is 2.37. The number of rotatable bonds is 6. The van der Waals surface area contributed by atoms with Crippen molar-refractivity contribution >= 4 is 40.2 Å². The summed E-state index contributed by atoms with van der Waals surface area (Å²) in [5.74, 6) is 0.0628. The molecule has 1 aromatic heterocycles. The van der Waals surface area contributed by atoms with Crippen molar-refractivity contribution < 1.29 is 9.53 Å². The van der Waals surface area contributed by atoms with Gasteiger partial charge in [-0.1, -0.05) is 53.7 Å². The zero-order valence-electron chi connectivity index (χ0n) is 18.3. The molecule has 172 valence electrons. The van der Waals surface area contributed by atoms with Gasteiger partial charge in [-0.15, -0.1) is 0 Å². The number of hydrogen-bond donors (Lipinski definition) is 0. The van der Waals surface area contributed by atoms with Gasteiger partial charge in [-0.3, -0.25) is 14.2 Å². The van der Waals surface area contributed by atoms with Crippen LogP contribution in [0.25, 0.3) is 10.9 Å². The van der Waals surface area contributed by atoms with Gasteiger partial charge < -0.3 is 9.64 Å². The van der Waals surface area contributed by atoms with Gasteiger partial charge in [0.15, 0.2) is 5.16 Å². The van der Waals surface area contributed by atoms with E-state index in [0.29, 0.717) is 34.2 Å². The third-order valence-corrected chi connectivity index (χ3v) is 7.73. The molecular weight excluding hydrogens is 458 g/mol. The number of hydrogen-bond acceptors (Lipinski definition) is 5. The van der Waals surface area contributed by atoms with Crippen LogP contribution in [0, 0.1) is 0 Å². The van der Waals surface area contributed by atoms with Crippen LogP contribution in [-0.2, 0) is 16.1 Å². The first-order chi connectivity index (χ1) is 16.1. The van der Waals surface area contributed by atoms with Gasteiger partial charge in [0.1, 0.15) is 5.25 Å². The number of thioether (sulfide) groups is 1. The van der Waals surface area contributed by atoms with E-state index in [4.69, 9.17) is 21.3 Å². The number of likely N-dealkylation sites (tertiary alicyclic amines) is 1. The number of ether oxygens (including phenoxy) is 1. The summed E-state index contributed by atoms with van der Waals surface area (Å²) in [6, 6.07) is 14.9. The zero-order chi connectivity index (χ0) is 22.8. The van der Waals surface area contributed by atoms with Gasteiger partial charge in [-0.05, 0) is 49.4 Å². The van der Waals surface area contributed by atoms with E-state index in [1.165, 1.54) is 11.8 Å². The van der Waals surface area contributed by atoms with Gasteiger partial charge in [-0.25, -0.2) is 4.98 Å². The van der Waals surface area contributed by atoms with Crippen LogP contribution in [-0.4, -0.2) is 46.2 Å². The van der Waals surface area contributed by atoms with Gasteiger partial charge in [-0.2, -0.15) is 0 Å². The molecule has 3 heterocycles. The first-order valence-electron chi connectivity index (χ1n) is 11.4. The second-order valence-electron chi connectivity index (χ2n) is 8.55. The van der Waals surface area contributed by atoms with Crippen LogP contribution in [0.1, 0.15) is 36.5 Å². The molecule has 0 bridgehead atoms. The quantitative estimate of drug-likeness (QED) is 0.376. The number of nitrogens with zero attached hydrogens (tertiary/aromatic N) is 3. The highest BCUT2D eigenvalue weighted by Gasteiger charge is 2.31. The molecule has 2 aromatic carbocycles. The Labute approximate surface area is 201 Å². The predicted molar refractivity (Wildman–Crippen MR) is 131 cm³/mol. The Bertz CT molecular complexity index is 1200. The molecule has 0 radical (unpaired) electrons. The van der Waals surface area contributed by atoms with E-state index in [1.54, 1.807) is 22.8 Å². The second-order valence-corrected chi connectivity index (χ2v) is 10.1. The number of benzene rings is 2. The predicted octanol–water partition coefficient (Wildman–Crippen LogP) is 4.68. The molecule has 0 N–H and O–H groups in total. The SMILES string of the molecule is O=C([C@H](Sc1nc2cc(Cl)ccc2c(=O)n1C[C@H]1CCCO1)c1ccccc1)N1CCCC1. The normalized spacial score (nSPS) is 19.3. The second kappa shape index (κ2) is 9.87. The Morgan fingerprint density at radius 1 is 1.15 bits per heavy atom. The Kier molecular flexibility index (Phi) is 6.71. The highest BCUT2D eigenvalue weighted by molar-refractivity contribution is 8.00. The van der Waals surface area contributed by atoms with E-state index in [-0.39, 0.29) is 17.6 Å². The average Bonchev–Trinajstić information content (AvgIpc) is 3.54. The molecule has 2 saturated heterocycles. The first-order valence-corrected chi connectivity index (χ1v) is 12.7. The lowest BCUT2D eigenvalue weighted by Gasteiger charge is -2.24. The molecule has 2 aliphatic heterocycles. The number of fused-ring (bicyclic) bond motifs is 1. The maximum atomic E-state index is 13.6. The minimum atomic E-state index is -0.483. The Hall–Kier alpha value is -2.35. The van der Waals surface area contributed by atoms with Crippen molar-refractivity contribution in [2.75, 3.05) is 19.7 Å². The van der Waals surface area contributed by atoms with Crippen molar-refractivity contribution in [3.05, 3.63) is 69.5 Å². The maximum absolute atomic E-state index is 13.6. The molecule has 5 rings (SSSR count). The van der Waals surface area contributed by atoms with Crippen LogP contribution in [0.5, 0.6) is 0 Å². The average molecular weight is 484 g/mol. The van der Waals surface area contributed by atoms with Crippen LogP contribution >= 0.6 is 23.4 Å². The summed E-state index contributed by atoms with van der Waals surface area (Å²) in [5, 5.41) is 1.08. The molecule has 8 heteroatoms. The Balaban J connectivity index is 1.59. The van der Waals surface area contributed by atoms with Crippen LogP contribution in [0.15, 0.2) is 58.5 Å². The summed E-state index contributed by atoms with van der Waals surface area (Å²) < 4.78 is 7.51. The molecule has 33 heavy (non-hydrogen) atoms. The zero-order valence-corrected chi connectivity index (χ0v) is 19.9. The number of halogens is 1. The first kappa shape index (κ1) is 22.4. The van der Waals surface area contributed by atoms with Gasteiger partial charge in [0.25, 0.3) is 5.56 Å². The fraction of sp³-hybridized carbons (Fsp3) is 0.400. The summed E-state index contributed by atoms with van der Waals surface area (Å²) in [7, 11) is 0. The molecule has 0 unspecified atom stereocenters. The summed E-state index contributed by atoms with van der Waals surface area (Å²) in [4.78, 5) is 33.8. The summed E-state index contributed by atoms with van der Waals surface area (Å²) >= 11 is 7.55. The van der Waals surface area contributed by atoms with Crippen molar-refractivity contribution in [1.82, 2.24) is 14.5 Å². The minimum absolute atomic E-state index is 0.0296. The fourth-order valence-corrected chi connectivity index (χ4v) is 5.87. The van der Waals surface area contributed by atoms with Crippen molar-refractivity contribution in [3.8, 4) is 0 Å². The van der Waals surface area contributed by atoms with Crippen LogP contribution in [0.3, 0.4) is 0 Å². The molecule has 0 aliphatic carbocycles. The van der Waals surface area contributed by atoms with E-state index >= 15 is 0 Å². The molecular formula is C25H26ClN3O3S. The van der Waals surface area contributed by atoms with Crippen LogP contribution < -0.4 is 5.56 Å². The summed E-state index contributed by atoms with van der Waals surface area (Å²) in [6.07, 6.45) is 3.91. The molecule has 1 amide bonds. The molecule has 0 saturated carbocycles.